The minimum Gasteiger partial charge on any atom is -0.480 e. The number of carbonyl (C=O) groups excluding carboxylic acids is 2. The third kappa shape index (κ3) is 3.44. The van der Waals surface area contributed by atoms with E-state index in [9.17, 15) is 14.4 Å². The fourth-order valence-electron chi connectivity index (χ4n) is 2.42. The maximum atomic E-state index is 12.4. The van der Waals surface area contributed by atoms with E-state index in [4.69, 9.17) is 5.11 Å². The van der Waals surface area contributed by atoms with Crippen LogP contribution in [-0.2, 0) is 9.59 Å². The molecule has 1 aromatic carbocycles. The molecule has 0 saturated carbocycles. The summed E-state index contributed by atoms with van der Waals surface area (Å²) in [7, 11) is 0. The molecule has 1 fully saturated rings. The number of benzene rings is 1. The molecular weight excluding hydrogens is 284 g/mol. The van der Waals surface area contributed by atoms with Gasteiger partial charge in [0.25, 0.3) is 5.91 Å². The molecule has 2 amide bonds. The zero-order chi connectivity index (χ0) is 16.3. The minimum atomic E-state index is -0.966. The summed E-state index contributed by atoms with van der Waals surface area (Å²) < 4.78 is 0. The Morgan fingerprint density at radius 1 is 1.23 bits per heavy atom. The van der Waals surface area contributed by atoms with Crippen molar-refractivity contribution < 1.29 is 19.5 Å². The first-order valence-electron chi connectivity index (χ1n) is 7.35. The monoisotopic (exact) mass is 304 g/mol. The van der Waals surface area contributed by atoms with Crippen LogP contribution in [0.2, 0.25) is 0 Å². The highest BCUT2D eigenvalue weighted by molar-refractivity contribution is 5.98. The van der Waals surface area contributed by atoms with E-state index >= 15 is 0 Å². The molecule has 2 N–H and O–H groups in total. The second-order valence-electron chi connectivity index (χ2n) is 5.72. The quantitative estimate of drug-likeness (QED) is 0.890. The lowest BCUT2D eigenvalue weighted by atomic mass is 10.1. The fraction of sp³-hybridized carbons (Fsp3) is 0.438. The molecule has 1 atom stereocenters. The number of amides is 2. The largest absolute Gasteiger partial charge is 0.480 e. The van der Waals surface area contributed by atoms with Gasteiger partial charge in [0.05, 0.1) is 0 Å². The molecule has 0 unspecified atom stereocenters. The Morgan fingerprint density at radius 2 is 1.86 bits per heavy atom. The number of hydrogen-bond donors (Lipinski definition) is 2. The third-order valence-corrected chi connectivity index (χ3v) is 3.72. The van der Waals surface area contributed by atoms with Gasteiger partial charge in [0, 0.05) is 23.7 Å². The van der Waals surface area contributed by atoms with Gasteiger partial charge in [0.2, 0.25) is 5.91 Å². The number of rotatable bonds is 4. The lowest BCUT2D eigenvalue weighted by molar-refractivity contribution is -0.141. The van der Waals surface area contributed by atoms with Crippen molar-refractivity contribution in [2.45, 2.75) is 32.7 Å². The van der Waals surface area contributed by atoms with Crippen LogP contribution < -0.4 is 5.32 Å². The van der Waals surface area contributed by atoms with Crippen LogP contribution in [0, 0.1) is 5.92 Å². The van der Waals surface area contributed by atoms with E-state index in [2.05, 4.69) is 5.32 Å². The Labute approximate surface area is 129 Å². The van der Waals surface area contributed by atoms with Gasteiger partial charge in [-0.25, -0.2) is 4.79 Å². The van der Waals surface area contributed by atoms with Crippen LogP contribution in [0.3, 0.4) is 0 Å². The zero-order valence-electron chi connectivity index (χ0n) is 12.7. The highest BCUT2D eigenvalue weighted by Gasteiger charge is 2.34. The average molecular weight is 304 g/mol. The number of carboxylic acids is 1. The van der Waals surface area contributed by atoms with E-state index in [0.29, 0.717) is 30.6 Å². The van der Waals surface area contributed by atoms with Crippen molar-refractivity contribution >= 4 is 23.5 Å². The van der Waals surface area contributed by atoms with E-state index in [0.717, 1.165) is 0 Å². The molecule has 0 bridgehead atoms. The maximum Gasteiger partial charge on any atom is 0.326 e. The Hall–Kier alpha value is -2.37. The van der Waals surface area contributed by atoms with Crippen molar-refractivity contribution in [1.82, 2.24) is 4.90 Å². The minimum absolute atomic E-state index is 0.0930. The molecule has 0 aromatic heterocycles. The van der Waals surface area contributed by atoms with Gasteiger partial charge in [0.1, 0.15) is 6.04 Å². The molecule has 22 heavy (non-hydrogen) atoms. The smallest absolute Gasteiger partial charge is 0.326 e. The number of nitrogens with zero attached hydrogens (tertiary/aromatic N) is 1. The summed E-state index contributed by atoms with van der Waals surface area (Å²) in [5.41, 5.74) is 1.04. The summed E-state index contributed by atoms with van der Waals surface area (Å²) in [5.74, 6) is -1.47. The van der Waals surface area contributed by atoms with Crippen molar-refractivity contribution in [3.8, 4) is 0 Å². The summed E-state index contributed by atoms with van der Waals surface area (Å²) >= 11 is 0. The molecule has 1 saturated heterocycles. The molecule has 0 aliphatic carbocycles. The second-order valence-corrected chi connectivity index (χ2v) is 5.72. The highest BCUT2D eigenvalue weighted by Crippen LogP contribution is 2.21. The first-order valence-corrected chi connectivity index (χ1v) is 7.35. The SMILES string of the molecule is CC(C)C(=O)Nc1ccc(C(=O)N2CCC[C@@H]2C(=O)O)cc1. The van der Waals surface area contributed by atoms with Gasteiger partial charge in [-0.1, -0.05) is 13.8 Å². The summed E-state index contributed by atoms with van der Waals surface area (Å²) in [6, 6.07) is 5.77. The molecule has 118 valence electrons. The first-order chi connectivity index (χ1) is 10.4. The van der Waals surface area contributed by atoms with Crippen LogP contribution in [0.15, 0.2) is 24.3 Å². The fourth-order valence-corrected chi connectivity index (χ4v) is 2.42. The van der Waals surface area contributed by atoms with Crippen LogP contribution in [0.4, 0.5) is 5.69 Å². The van der Waals surface area contributed by atoms with Crippen molar-refractivity contribution in [3.63, 3.8) is 0 Å². The summed E-state index contributed by atoms with van der Waals surface area (Å²) in [6.45, 7) is 4.06. The molecule has 6 heteroatoms. The van der Waals surface area contributed by atoms with Crippen molar-refractivity contribution in [1.29, 1.82) is 0 Å². The number of likely N-dealkylation sites (tertiary alicyclic amines) is 1. The van der Waals surface area contributed by atoms with Crippen molar-refractivity contribution in [3.05, 3.63) is 29.8 Å². The van der Waals surface area contributed by atoms with Crippen LogP contribution in [-0.4, -0.2) is 40.4 Å². The predicted octanol–water partition coefficient (Wildman–Crippen LogP) is 1.97. The highest BCUT2D eigenvalue weighted by atomic mass is 16.4. The van der Waals surface area contributed by atoms with E-state index in [1.807, 2.05) is 0 Å². The number of nitrogens with one attached hydrogen (secondary N) is 1. The Kier molecular flexibility index (Phi) is 4.80. The topological polar surface area (TPSA) is 86.7 Å². The van der Waals surface area contributed by atoms with E-state index in [-0.39, 0.29) is 17.7 Å². The molecular formula is C16H20N2O4. The summed E-state index contributed by atoms with van der Waals surface area (Å²) in [6.07, 6.45) is 1.19. The second kappa shape index (κ2) is 6.60. The van der Waals surface area contributed by atoms with Crippen molar-refractivity contribution in [2.75, 3.05) is 11.9 Å². The molecule has 1 aromatic rings. The van der Waals surface area contributed by atoms with Crippen LogP contribution in [0.1, 0.15) is 37.0 Å². The lowest BCUT2D eigenvalue weighted by Crippen LogP contribution is -2.40. The standard InChI is InChI=1S/C16H20N2O4/c1-10(2)14(19)17-12-7-5-11(6-8-12)15(20)18-9-3-4-13(18)16(21)22/h5-8,10,13H,3-4,9H2,1-2H3,(H,17,19)(H,21,22)/t13-/m1/s1. The molecule has 6 nitrogen and oxygen atoms in total. The van der Waals surface area contributed by atoms with E-state index in [1.54, 1.807) is 38.1 Å². The van der Waals surface area contributed by atoms with Gasteiger partial charge >= 0.3 is 5.97 Å². The van der Waals surface area contributed by atoms with Gasteiger partial charge in [-0.15, -0.1) is 0 Å². The number of aliphatic carboxylic acids is 1. The Morgan fingerprint density at radius 3 is 2.41 bits per heavy atom. The van der Waals surface area contributed by atoms with E-state index in [1.165, 1.54) is 4.90 Å². The zero-order valence-corrected chi connectivity index (χ0v) is 12.7. The number of carboxylic acid groups (broad SMARTS) is 1. The molecule has 0 radical (unpaired) electrons. The Balaban J connectivity index is 2.08. The number of hydrogen-bond acceptors (Lipinski definition) is 3. The summed E-state index contributed by atoms with van der Waals surface area (Å²) in [5, 5.41) is 11.9. The van der Waals surface area contributed by atoms with E-state index < -0.39 is 12.0 Å². The molecule has 1 aliphatic rings. The number of carbonyl (C=O) groups is 3. The molecule has 1 heterocycles. The molecule has 2 rings (SSSR count). The first kappa shape index (κ1) is 16.0. The third-order valence-electron chi connectivity index (χ3n) is 3.72. The van der Waals surface area contributed by atoms with Crippen LogP contribution >= 0.6 is 0 Å². The van der Waals surface area contributed by atoms with Gasteiger partial charge in [-0.3, -0.25) is 9.59 Å². The summed E-state index contributed by atoms with van der Waals surface area (Å²) in [4.78, 5) is 36.5. The van der Waals surface area contributed by atoms with Gasteiger partial charge in [-0.05, 0) is 37.1 Å². The predicted molar refractivity (Wildman–Crippen MR) is 81.6 cm³/mol. The average Bonchev–Trinajstić information content (AvgIpc) is 2.96. The lowest BCUT2D eigenvalue weighted by Gasteiger charge is -2.21. The van der Waals surface area contributed by atoms with Gasteiger partial charge < -0.3 is 15.3 Å². The maximum absolute atomic E-state index is 12.4. The van der Waals surface area contributed by atoms with Gasteiger partial charge in [0.15, 0.2) is 0 Å². The normalized spacial score (nSPS) is 17.6. The van der Waals surface area contributed by atoms with Crippen LogP contribution in [0.25, 0.3) is 0 Å². The number of anilines is 1. The van der Waals surface area contributed by atoms with Gasteiger partial charge in [-0.2, -0.15) is 0 Å². The Bertz CT molecular complexity index is 580. The van der Waals surface area contributed by atoms with Crippen LogP contribution in [0.5, 0.6) is 0 Å². The molecule has 1 aliphatic heterocycles. The van der Waals surface area contributed by atoms with Crippen molar-refractivity contribution in [2.24, 2.45) is 5.92 Å². The molecule has 0 spiro atoms.